The van der Waals surface area contributed by atoms with Crippen molar-refractivity contribution in [1.29, 1.82) is 0 Å². The van der Waals surface area contributed by atoms with Gasteiger partial charge in [0.1, 0.15) is 0 Å². The third kappa shape index (κ3) is 4.18. The molecule has 0 radical (unpaired) electrons. The van der Waals surface area contributed by atoms with E-state index in [0.717, 1.165) is 32.7 Å². The zero-order valence-electron chi connectivity index (χ0n) is 9.79. The van der Waals surface area contributed by atoms with E-state index in [1.807, 2.05) is 11.8 Å². The van der Waals surface area contributed by atoms with Crippen molar-refractivity contribution in [1.82, 2.24) is 10.2 Å². The zero-order valence-corrected chi connectivity index (χ0v) is 9.79. The smallest absolute Gasteiger partial charge is 0.236 e. The number of likely N-dealkylation sites (tertiary alicyclic amines) is 1. The third-order valence-corrected chi connectivity index (χ3v) is 2.76. The minimum Gasteiger partial charge on any atom is -0.381 e. The van der Waals surface area contributed by atoms with Gasteiger partial charge in [-0.25, -0.2) is 0 Å². The molecule has 1 rings (SSSR count). The standard InChI is InChI=1S/C11H22N2O2/c1-3-15-9-10-5-4-6-13(8-10)11(14)7-12-2/h10,12H,3-9H2,1-2H3/t10-/m1/s1. The molecule has 0 aromatic carbocycles. The normalized spacial score (nSPS) is 21.7. The van der Waals surface area contributed by atoms with Crippen LogP contribution in [-0.4, -0.2) is 50.7 Å². The van der Waals surface area contributed by atoms with Crippen molar-refractivity contribution >= 4 is 5.91 Å². The molecule has 0 aromatic rings. The van der Waals surface area contributed by atoms with Gasteiger partial charge in [0.15, 0.2) is 0 Å². The van der Waals surface area contributed by atoms with Gasteiger partial charge in [0.2, 0.25) is 5.91 Å². The number of hydrogen-bond donors (Lipinski definition) is 1. The first-order chi connectivity index (χ1) is 7.27. The minimum atomic E-state index is 0.207. The third-order valence-electron chi connectivity index (χ3n) is 2.76. The molecule has 1 aliphatic heterocycles. The van der Waals surface area contributed by atoms with Gasteiger partial charge in [0.25, 0.3) is 0 Å². The molecule has 0 aliphatic carbocycles. The number of hydrogen-bond acceptors (Lipinski definition) is 3. The van der Waals surface area contributed by atoms with Gasteiger partial charge in [-0.15, -0.1) is 0 Å². The number of nitrogens with zero attached hydrogens (tertiary/aromatic N) is 1. The van der Waals surface area contributed by atoms with Crippen LogP contribution >= 0.6 is 0 Å². The molecule has 4 nitrogen and oxygen atoms in total. The topological polar surface area (TPSA) is 41.6 Å². The molecular weight excluding hydrogens is 192 g/mol. The Bertz CT molecular complexity index is 197. The van der Waals surface area contributed by atoms with E-state index >= 15 is 0 Å². The molecule has 4 heteroatoms. The number of ether oxygens (including phenoxy) is 1. The largest absolute Gasteiger partial charge is 0.381 e. The Hall–Kier alpha value is -0.610. The molecule has 88 valence electrons. The van der Waals surface area contributed by atoms with Crippen molar-refractivity contribution in [2.24, 2.45) is 5.92 Å². The molecule has 0 saturated carbocycles. The SMILES string of the molecule is CCOC[C@@H]1CCCN(C(=O)CNC)C1. The van der Waals surface area contributed by atoms with Crippen LogP contribution in [0, 0.1) is 5.92 Å². The lowest BCUT2D eigenvalue weighted by Crippen LogP contribution is -2.44. The average molecular weight is 214 g/mol. The Kier molecular flexibility index (Phi) is 5.65. The van der Waals surface area contributed by atoms with Crippen molar-refractivity contribution < 1.29 is 9.53 Å². The quantitative estimate of drug-likeness (QED) is 0.724. The Morgan fingerprint density at radius 2 is 2.40 bits per heavy atom. The number of rotatable bonds is 5. The fourth-order valence-corrected chi connectivity index (χ4v) is 1.98. The molecule has 0 bridgehead atoms. The maximum Gasteiger partial charge on any atom is 0.236 e. The highest BCUT2D eigenvalue weighted by molar-refractivity contribution is 5.78. The lowest BCUT2D eigenvalue weighted by atomic mass is 9.99. The summed E-state index contributed by atoms with van der Waals surface area (Å²) in [5, 5.41) is 2.90. The summed E-state index contributed by atoms with van der Waals surface area (Å²) in [7, 11) is 1.81. The first-order valence-electron chi connectivity index (χ1n) is 5.78. The molecule has 15 heavy (non-hydrogen) atoms. The summed E-state index contributed by atoms with van der Waals surface area (Å²) in [6.45, 7) is 5.78. The molecule has 1 fully saturated rings. The molecular formula is C11H22N2O2. The predicted molar refractivity (Wildman–Crippen MR) is 59.7 cm³/mol. The van der Waals surface area contributed by atoms with E-state index in [4.69, 9.17) is 4.74 Å². The molecule has 1 atom stereocenters. The predicted octanol–water partition coefficient (Wildman–Crippen LogP) is 0.481. The van der Waals surface area contributed by atoms with Gasteiger partial charge in [0.05, 0.1) is 13.2 Å². The van der Waals surface area contributed by atoms with E-state index in [1.165, 1.54) is 6.42 Å². The molecule has 1 aliphatic rings. The van der Waals surface area contributed by atoms with Gasteiger partial charge < -0.3 is 15.0 Å². The summed E-state index contributed by atoms with van der Waals surface area (Å²) in [4.78, 5) is 13.6. The highest BCUT2D eigenvalue weighted by Gasteiger charge is 2.22. The van der Waals surface area contributed by atoms with Gasteiger partial charge in [-0.1, -0.05) is 0 Å². The highest BCUT2D eigenvalue weighted by Crippen LogP contribution is 2.16. The van der Waals surface area contributed by atoms with Crippen molar-refractivity contribution in [3.63, 3.8) is 0 Å². The van der Waals surface area contributed by atoms with Gasteiger partial charge in [0, 0.05) is 19.7 Å². The van der Waals surface area contributed by atoms with Crippen LogP contribution < -0.4 is 5.32 Å². The van der Waals surface area contributed by atoms with Crippen molar-refractivity contribution in [3.8, 4) is 0 Å². The fraction of sp³-hybridized carbons (Fsp3) is 0.909. The second kappa shape index (κ2) is 6.80. The number of carbonyl (C=O) groups is 1. The first kappa shape index (κ1) is 12.5. The van der Waals surface area contributed by atoms with Crippen molar-refractivity contribution in [3.05, 3.63) is 0 Å². The minimum absolute atomic E-state index is 0.207. The summed E-state index contributed by atoms with van der Waals surface area (Å²) in [5.41, 5.74) is 0. The summed E-state index contributed by atoms with van der Waals surface area (Å²) in [6.07, 6.45) is 2.29. The van der Waals surface area contributed by atoms with Crippen LogP contribution in [0.25, 0.3) is 0 Å². The molecule has 0 spiro atoms. The number of piperidine rings is 1. The molecule has 1 heterocycles. The maximum absolute atomic E-state index is 11.6. The number of amides is 1. The van der Waals surface area contributed by atoms with Crippen LogP contribution in [0.3, 0.4) is 0 Å². The van der Waals surface area contributed by atoms with Gasteiger partial charge in [-0.05, 0) is 32.7 Å². The Labute approximate surface area is 92.0 Å². The fourth-order valence-electron chi connectivity index (χ4n) is 1.98. The van der Waals surface area contributed by atoms with Crippen LogP contribution in [0.1, 0.15) is 19.8 Å². The number of carbonyl (C=O) groups excluding carboxylic acids is 1. The molecule has 1 amide bonds. The number of likely N-dealkylation sites (N-methyl/N-ethyl adjacent to an activating group) is 1. The van der Waals surface area contributed by atoms with Crippen molar-refractivity contribution in [2.45, 2.75) is 19.8 Å². The molecule has 1 saturated heterocycles. The van der Waals surface area contributed by atoms with Crippen molar-refractivity contribution in [2.75, 3.05) is 39.9 Å². The lowest BCUT2D eigenvalue weighted by Gasteiger charge is -2.32. The van der Waals surface area contributed by atoms with E-state index in [9.17, 15) is 4.79 Å². The molecule has 0 unspecified atom stereocenters. The maximum atomic E-state index is 11.6. The van der Waals surface area contributed by atoms with E-state index in [-0.39, 0.29) is 5.91 Å². The Morgan fingerprint density at radius 1 is 1.60 bits per heavy atom. The van der Waals surface area contributed by atoms with Gasteiger partial charge >= 0.3 is 0 Å². The second-order valence-electron chi connectivity index (χ2n) is 4.04. The molecule has 1 N–H and O–H groups in total. The summed E-state index contributed by atoms with van der Waals surface area (Å²) in [5.74, 6) is 0.734. The highest BCUT2D eigenvalue weighted by atomic mass is 16.5. The second-order valence-corrected chi connectivity index (χ2v) is 4.04. The van der Waals surface area contributed by atoms with Crippen LogP contribution in [0.2, 0.25) is 0 Å². The summed E-state index contributed by atoms with van der Waals surface area (Å²) < 4.78 is 5.41. The van der Waals surface area contributed by atoms with Gasteiger partial charge in [-0.3, -0.25) is 4.79 Å². The lowest BCUT2D eigenvalue weighted by molar-refractivity contribution is -0.132. The Balaban J connectivity index is 2.31. The van der Waals surface area contributed by atoms with Crippen LogP contribution in [0.15, 0.2) is 0 Å². The van der Waals surface area contributed by atoms with E-state index in [1.54, 1.807) is 7.05 Å². The first-order valence-corrected chi connectivity index (χ1v) is 5.78. The average Bonchev–Trinajstić information content (AvgIpc) is 2.27. The molecule has 0 aromatic heterocycles. The van der Waals surface area contributed by atoms with Crippen LogP contribution in [-0.2, 0) is 9.53 Å². The monoisotopic (exact) mass is 214 g/mol. The van der Waals surface area contributed by atoms with Crippen LogP contribution in [0.4, 0.5) is 0 Å². The zero-order chi connectivity index (χ0) is 11.1. The van der Waals surface area contributed by atoms with E-state index < -0.39 is 0 Å². The van der Waals surface area contributed by atoms with E-state index in [0.29, 0.717) is 12.5 Å². The summed E-state index contributed by atoms with van der Waals surface area (Å²) >= 11 is 0. The number of nitrogens with one attached hydrogen (secondary N) is 1. The van der Waals surface area contributed by atoms with Crippen LogP contribution in [0.5, 0.6) is 0 Å². The van der Waals surface area contributed by atoms with Gasteiger partial charge in [-0.2, -0.15) is 0 Å². The van der Waals surface area contributed by atoms with E-state index in [2.05, 4.69) is 5.32 Å². The summed E-state index contributed by atoms with van der Waals surface area (Å²) in [6, 6.07) is 0. The Morgan fingerprint density at radius 3 is 3.07 bits per heavy atom.